The first kappa shape index (κ1) is 21.4. The Labute approximate surface area is 166 Å². The fraction of sp³-hybridized carbons (Fsp3) is 0.312. The second-order valence-corrected chi connectivity index (χ2v) is 9.67. The van der Waals surface area contributed by atoms with Crippen LogP contribution in [-0.4, -0.2) is 60.4 Å². The molecule has 0 saturated carbocycles. The van der Waals surface area contributed by atoms with E-state index in [9.17, 15) is 26.0 Å². The first-order valence-corrected chi connectivity index (χ1v) is 11.3. The summed E-state index contributed by atoms with van der Waals surface area (Å²) in [7, 11) is -6.80. The summed E-state index contributed by atoms with van der Waals surface area (Å²) in [5, 5.41) is 1.90. The number of amides is 1. The molecule has 1 aliphatic rings. The van der Waals surface area contributed by atoms with E-state index >= 15 is 0 Å². The summed E-state index contributed by atoms with van der Waals surface area (Å²) >= 11 is 0. The van der Waals surface area contributed by atoms with Gasteiger partial charge in [-0.15, -0.1) is 0 Å². The van der Waals surface area contributed by atoms with E-state index in [1.165, 1.54) is 13.1 Å². The van der Waals surface area contributed by atoms with Crippen molar-refractivity contribution in [3.63, 3.8) is 0 Å². The number of sulfonamides is 2. The third-order valence-electron chi connectivity index (χ3n) is 4.12. The Kier molecular flexibility index (Phi) is 6.05. The van der Waals surface area contributed by atoms with Crippen molar-refractivity contribution in [3.05, 3.63) is 41.9 Å². The van der Waals surface area contributed by atoms with Gasteiger partial charge in [-0.1, -0.05) is 0 Å². The number of morpholine rings is 1. The van der Waals surface area contributed by atoms with Crippen LogP contribution in [0, 0.1) is 5.82 Å². The summed E-state index contributed by atoms with van der Waals surface area (Å²) in [4.78, 5) is 11.7. The largest absolute Gasteiger partial charge is 0.438 e. The molecule has 2 aromatic rings. The van der Waals surface area contributed by atoms with E-state index in [0.29, 0.717) is 0 Å². The Bertz CT molecular complexity index is 1120. The van der Waals surface area contributed by atoms with Crippen molar-refractivity contribution in [2.75, 3.05) is 38.7 Å². The molecule has 0 atom stereocenters. The lowest BCUT2D eigenvalue weighted by atomic mass is 10.3. The van der Waals surface area contributed by atoms with Gasteiger partial charge in [0.05, 0.1) is 13.2 Å². The molecule has 2 heterocycles. The van der Waals surface area contributed by atoms with E-state index in [-0.39, 0.29) is 37.8 Å². The van der Waals surface area contributed by atoms with Crippen LogP contribution in [0.2, 0.25) is 0 Å². The molecule has 0 spiro atoms. The number of anilines is 1. The average molecular weight is 447 g/mol. The zero-order chi connectivity index (χ0) is 21.2. The van der Waals surface area contributed by atoms with Crippen LogP contribution in [0.5, 0.6) is 0 Å². The minimum Gasteiger partial charge on any atom is -0.438 e. The number of hydrogen-bond acceptors (Lipinski definition) is 7. The lowest BCUT2D eigenvalue weighted by Crippen LogP contribution is -2.40. The highest BCUT2D eigenvalue weighted by Crippen LogP contribution is 2.24. The Morgan fingerprint density at radius 3 is 2.45 bits per heavy atom. The van der Waals surface area contributed by atoms with E-state index in [0.717, 1.165) is 28.6 Å². The molecule has 13 heteroatoms. The van der Waals surface area contributed by atoms with E-state index in [2.05, 4.69) is 5.32 Å². The van der Waals surface area contributed by atoms with Crippen LogP contribution in [0.3, 0.4) is 0 Å². The quantitative estimate of drug-likeness (QED) is 0.662. The second kappa shape index (κ2) is 8.20. The molecule has 0 aliphatic carbocycles. The molecule has 0 unspecified atom stereocenters. The topological polar surface area (TPSA) is 135 Å². The Morgan fingerprint density at radius 2 is 1.79 bits per heavy atom. The van der Waals surface area contributed by atoms with E-state index in [1.807, 2.05) is 4.72 Å². The molecule has 1 aromatic heterocycles. The smallest absolute Gasteiger partial charge is 0.291 e. The number of rotatable bonds is 6. The minimum absolute atomic E-state index is 0.00217. The molecule has 1 aliphatic heterocycles. The van der Waals surface area contributed by atoms with Gasteiger partial charge in [0.1, 0.15) is 10.7 Å². The van der Waals surface area contributed by atoms with Gasteiger partial charge in [-0.25, -0.2) is 25.9 Å². The monoisotopic (exact) mass is 447 g/mol. The molecule has 2 N–H and O–H groups in total. The summed E-state index contributed by atoms with van der Waals surface area (Å²) in [6.45, 7) is 0.586. The maximum Gasteiger partial charge on any atom is 0.291 e. The standard InChI is InChI=1S/C16H18FN3O7S2/c1-18-28(22,23)15-5-4-13(27-15)16(21)19-11-2-3-12(17)14(10-11)29(24,25)20-6-8-26-9-7-20/h2-5,10,18H,6-9H2,1H3,(H,19,21). The second-order valence-electron chi connectivity index (χ2n) is 5.94. The molecular weight excluding hydrogens is 429 g/mol. The summed E-state index contributed by atoms with van der Waals surface area (Å²) < 4.78 is 76.2. The number of nitrogens with zero attached hydrogens (tertiary/aromatic N) is 1. The zero-order valence-corrected chi connectivity index (χ0v) is 16.8. The van der Waals surface area contributed by atoms with Crippen LogP contribution < -0.4 is 10.0 Å². The molecule has 0 radical (unpaired) electrons. The fourth-order valence-electron chi connectivity index (χ4n) is 2.58. The van der Waals surface area contributed by atoms with Crippen molar-refractivity contribution in [1.82, 2.24) is 9.03 Å². The number of hydrogen-bond donors (Lipinski definition) is 2. The number of halogens is 1. The Hall–Kier alpha value is -2.32. The van der Waals surface area contributed by atoms with Crippen LogP contribution >= 0.6 is 0 Å². The lowest BCUT2D eigenvalue weighted by Gasteiger charge is -2.26. The van der Waals surface area contributed by atoms with Crippen molar-refractivity contribution >= 4 is 31.6 Å². The van der Waals surface area contributed by atoms with Crippen molar-refractivity contribution in [2.24, 2.45) is 0 Å². The maximum atomic E-state index is 14.2. The van der Waals surface area contributed by atoms with Gasteiger partial charge in [0.15, 0.2) is 5.76 Å². The highest BCUT2D eigenvalue weighted by molar-refractivity contribution is 7.89. The van der Waals surface area contributed by atoms with Crippen molar-refractivity contribution in [3.8, 4) is 0 Å². The first-order valence-electron chi connectivity index (χ1n) is 8.37. The summed E-state index contributed by atoms with van der Waals surface area (Å²) in [5.41, 5.74) is -0.00217. The molecule has 10 nitrogen and oxygen atoms in total. The Morgan fingerprint density at radius 1 is 1.10 bits per heavy atom. The molecule has 1 amide bonds. The van der Waals surface area contributed by atoms with Crippen LogP contribution in [0.1, 0.15) is 10.6 Å². The van der Waals surface area contributed by atoms with Crippen molar-refractivity contribution < 1.29 is 35.2 Å². The Balaban J connectivity index is 1.84. The summed E-state index contributed by atoms with van der Waals surface area (Å²) in [6, 6.07) is 5.34. The van der Waals surface area contributed by atoms with Crippen molar-refractivity contribution in [2.45, 2.75) is 9.99 Å². The summed E-state index contributed by atoms with van der Waals surface area (Å²) in [6.07, 6.45) is 0. The fourth-order valence-corrected chi connectivity index (χ4v) is 4.73. The molecule has 158 valence electrons. The number of furan rings is 1. The van der Waals surface area contributed by atoms with Gasteiger partial charge >= 0.3 is 0 Å². The number of benzene rings is 1. The predicted octanol–water partition coefficient (Wildman–Crippen LogP) is 0.600. The number of ether oxygens (including phenoxy) is 1. The average Bonchev–Trinajstić information content (AvgIpc) is 3.21. The van der Waals surface area contributed by atoms with Gasteiger partial charge in [-0.05, 0) is 37.4 Å². The van der Waals surface area contributed by atoms with Crippen LogP contribution in [0.4, 0.5) is 10.1 Å². The summed E-state index contributed by atoms with van der Waals surface area (Å²) in [5.74, 6) is -2.11. The van der Waals surface area contributed by atoms with Crippen LogP contribution in [0.15, 0.2) is 44.7 Å². The minimum atomic E-state index is -4.12. The lowest BCUT2D eigenvalue weighted by molar-refractivity contribution is 0.0729. The van der Waals surface area contributed by atoms with Gasteiger partial charge in [0.25, 0.3) is 15.9 Å². The normalized spacial score (nSPS) is 15.9. The van der Waals surface area contributed by atoms with Gasteiger partial charge < -0.3 is 14.5 Å². The zero-order valence-electron chi connectivity index (χ0n) is 15.2. The molecular formula is C16H18FN3O7S2. The molecule has 3 rings (SSSR count). The van der Waals surface area contributed by atoms with E-state index < -0.39 is 41.8 Å². The SMILES string of the molecule is CNS(=O)(=O)c1ccc(C(=O)Nc2ccc(F)c(S(=O)(=O)N3CCOCC3)c2)o1. The predicted molar refractivity (Wildman–Crippen MR) is 98.9 cm³/mol. The third-order valence-corrected chi connectivity index (χ3v) is 7.32. The van der Waals surface area contributed by atoms with Crippen molar-refractivity contribution in [1.29, 1.82) is 0 Å². The third kappa shape index (κ3) is 4.48. The van der Waals surface area contributed by atoms with Gasteiger partial charge in [-0.2, -0.15) is 4.31 Å². The van der Waals surface area contributed by atoms with Crippen LogP contribution in [-0.2, 0) is 24.8 Å². The van der Waals surface area contributed by atoms with E-state index in [4.69, 9.17) is 9.15 Å². The molecule has 1 fully saturated rings. The van der Waals surface area contributed by atoms with Gasteiger partial charge in [0.2, 0.25) is 15.1 Å². The van der Waals surface area contributed by atoms with Crippen LogP contribution in [0.25, 0.3) is 0 Å². The van der Waals surface area contributed by atoms with E-state index in [1.54, 1.807) is 0 Å². The number of nitrogens with one attached hydrogen (secondary N) is 2. The molecule has 0 bridgehead atoms. The molecule has 1 saturated heterocycles. The molecule has 29 heavy (non-hydrogen) atoms. The van der Waals surface area contributed by atoms with Gasteiger partial charge in [-0.3, -0.25) is 4.79 Å². The highest BCUT2D eigenvalue weighted by Gasteiger charge is 2.29. The first-order chi connectivity index (χ1) is 13.6. The van der Waals surface area contributed by atoms with Gasteiger partial charge in [0, 0.05) is 18.8 Å². The maximum absolute atomic E-state index is 14.2. The highest BCUT2D eigenvalue weighted by atomic mass is 32.2. The number of carbonyl (C=O) groups is 1. The number of carbonyl (C=O) groups excluding carboxylic acids is 1. The molecule has 1 aromatic carbocycles.